The average Bonchev–Trinajstić information content (AvgIpc) is 2.16. The third-order valence-corrected chi connectivity index (χ3v) is 1.32. The topological polar surface area (TPSA) is 99.7 Å². The van der Waals surface area contributed by atoms with Crippen LogP contribution in [0.25, 0.3) is 0 Å². The van der Waals surface area contributed by atoms with E-state index in [1.807, 2.05) is 0 Å². The van der Waals surface area contributed by atoms with Gasteiger partial charge in [-0.15, -0.1) is 4.91 Å². The van der Waals surface area contributed by atoms with Crippen LogP contribution in [0.2, 0.25) is 0 Å². The fraction of sp³-hybridized carbons (Fsp3) is 0.333. The van der Waals surface area contributed by atoms with Gasteiger partial charge in [-0.05, 0) is 5.18 Å². The van der Waals surface area contributed by atoms with Gasteiger partial charge >= 0.3 is 0 Å². The van der Waals surface area contributed by atoms with Crippen LogP contribution in [-0.4, -0.2) is 24.2 Å². The minimum absolute atomic E-state index is 0.000602. The Morgan fingerprint density at radius 1 is 1.23 bits per heavy atom. The summed E-state index contributed by atoms with van der Waals surface area (Å²) in [5.74, 6) is -0.0419. The van der Waals surface area contributed by atoms with Gasteiger partial charge in [-0.25, -0.2) is 0 Å². The second-order valence-electron chi connectivity index (χ2n) is 2.04. The highest BCUT2D eigenvalue weighted by atomic mass is 16.5. The highest BCUT2D eigenvalue weighted by molar-refractivity contribution is 5.57. The predicted octanol–water partition coefficient (Wildman–Crippen LogP) is 0.474. The third kappa shape index (κ3) is 1.63. The Hall–Kier alpha value is -1.92. The number of aromatic nitrogens is 2. The molecule has 0 radical (unpaired) electrons. The van der Waals surface area contributed by atoms with Crippen LogP contribution in [0, 0.1) is 4.91 Å². The molecule has 0 spiro atoms. The first-order valence-corrected chi connectivity index (χ1v) is 3.31. The Labute approximate surface area is 73.9 Å². The second kappa shape index (κ2) is 3.65. The molecule has 0 aliphatic heterocycles. The van der Waals surface area contributed by atoms with Crippen molar-refractivity contribution in [1.82, 2.24) is 9.97 Å². The van der Waals surface area contributed by atoms with Crippen LogP contribution in [0.5, 0.6) is 11.8 Å². The van der Waals surface area contributed by atoms with Gasteiger partial charge < -0.3 is 15.2 Å². The van der Waals surface area contributed by atoms with Crippen LogP contribution in [0.15, 0.2) is 5.18 Å². The van der Waals surface area contributed by atoms with Crippen LogP contribution in [-0.2, 0) is 0 Å². The Morgan fingerprint density at radius 3 is 2.00 bits per heavy atom. The number of methoxy groups -OCH3 is 2. The van der Waals surface area contributed by atoms with Crippen LogP contribution < -0.4 is 15.2 Å². The molecule has 13 heavy (non-hydrogen) atoms. The van der Waals surface area contributed by atoms with Crippen molar-refractivity contribution in [3.63, 3.8) is 0 Å². The number of hydrogen-bond acceptors (Lipinski definition) is 7. The lowest BCUT2D eigenvalue weighted by atomic mass is 10.5. The number of nitrogens with zero attached hydrogens (tertiary/aromatic N) is 3. The number of nitrogens with two attached hydrogens (primary N) is 1. The Balaban J connectivity index is 3.33. The summed E-state index contributed by atoms with van der Waals surface area (Å²) in [7, 11) is 2.69. The van der Waals surface area contributed by atoms with Crippen LogP contribution >= 0.6 is 0 Å². The summed E-state index contributed by atoms with van der Waals surface area (Å²) in [4.78, 5) is 17.6. The van der Waals surface area contributed by atoms with Crippen molar-refractivity contribution < 1.29 is 9.47 Å². The fourth-order valence-electron chi connectivity index (χ4n) is 0.793. The SMILES string of the molecule is COc1nc(N)nc(OC)c1N=O. The number of anilines is 1. The summed E-state index contributed by atoms with van der Waals surface area (Å²) in [6.07, 6.45) is 0. The van der Waals surface area contributed by atoms with Crippen molar-refractivity contribution in [2.75, 3.05) is 20.0 Å². The Kier molecular flexibility index (Phi) is 2.58. The van der Waals surface area contributed by atoms with Gasteiger partial charge in [0.25, 0.3) is 11.8 Å². The largest absolute Gasteiger partial charge is 0.479 e. The number of rotatable bonds is 3. The van der Waals surface area contributed by atoms with Gasteiger partial charge in [-0.3, -0.25) is 0 Å². The van der Waals surface area contributed by atoms with E-state index in [2.05, 4.69) is 15.1 Å². The summed E-state index contributed by atoms with van der Waals surface area (Å²) >= 11 is 0. The third-order valence-electron chi connectivity index (χ3n) is 1.32. The maximum absolute atomic E-state index is 10.3. The molecule has 0 saturated carbocycles. The first-order valence-electron chi connectivity index (χ1n) is 3.31. The molecule has 1 rings (SSSR count). The highest BCUT2D eigenvalue weighted by Gasteiger charge is 2.15. The molecular formula is C6H8N4O3. The molecule has 1 aromatic rings. The number of ether oxygens (including phenoxy) is 2. The van der Waals surface area contributed by atoms with Gasteiger partial charge in [0.15, 0.2) is 0 Å². The second-order valence-corrected chi connectivity index (χ2v) is 2.04. The summed E-state index contributed by atoms with van der Waals surface area (Å²) < 4.78 is 9.51. The van der Waals surface area contributed by atoms with E-state index < -0.39 is 0 Å². The molecule has 1 aromatic heterocycles. The molecule has 0 aromatic carbocycles. The van der Waals surface area contributed by atoms with Crippen molar-refractivity contribution in [2.45, 2.75) is 0 Å². The molecule has 7 heteroatoms. The quantitative estimate of drug-likeness (QED) is 0.685. The molecule has 0 aliphatic carbocycles. The van der Waals surface area contributed by atoms with E-state index in [4.69, 9.17) is 15.2 Å². The molecule has 0 unspecified atom stereocenters. The molecule has 0 atom stereocenters. The molecule has 0 aliphatic rings. The lowest BCUT2D eigenvalue weighted by Gasteiger charge is -2.05. The zero-order valence-corrected chi connectivity index (χ0v) is 7.14. The molecule has 0 fully saturated rings. The fourth-order valence-corrected chi connectivity index (χ4v) is 0.793. The first-order chi connectivity index (χ1) is 6.22. The van der Waals surface area contributed by atoms with E-state index in [9.17, 15) is 4.91 Å². The minimum Gasteiger partial charge on any atom is -0.479 e. The van der Waals surface area contributed by atoms with E-state index in [1.165, 1.54) is 14.2 Å². The van der Waals surface area contributed by atoms with Crippen LogP contribution in [0.3, 0.4) is 0 Å². The first kappa shape index (κ1) is 9.17. The van der Waals surface area contributed by atoms with Gasteiger partial charge in [0.2, 0.25) is 11.6 Å². The molecule has 0 bridgehead atoms. The standard InChI is InChI=1S/C6H8N4O3/c1-12-4-3(10-11)5(13-2)9-6(7)8-4/h1-2H3,(H2,7,8,9). The van der Waals surface area contributed by atoms with Crippen LogP contribution in [0.1, 0.15) is 0 Å². The molecule has 7 nitrogen and oxygen atoms in total. The van der Waals surface area contributed by atoms with E-state index in [-0.39, 0.29) is 23.4 Å². The Morgan fingerprint density at radius 2 is 1.69 bits per heavy atom. The van der Waals surface area contributed by atoms with E-state index in [1.54, 1.807) is 0 Å². The zero-order chi connectivity index (χ0) is 9.84. The maximum Gasteiger partial charge on any atom is 0.252 e. The van der Waals surface area contributed by atoms with Crippen molar-refractivity contribution in [3.8, 4) is 11.8 Å². The van der Waals surface area contributed by atoms with Gasteiger partial charge in [0, 0.05) is 0 Å². The van der Waals surface area contributed by atoms with Crippen molar-refractivity contribution >= 4 is 11.6 Å². The molecule has 0 amide bonds. The minimum atomic E-state index is -0.0980. The molecule has 0 saturated heterocycles. The van der Waals surface area contributed by atoms with Gasteiger partial charge in [-0.1, -0.05) is 0 Å². The van der Waals surface area contributed by atoms with Gasteiger partial charge in [0.05, 0.1) is 14.2 Å². The number of nitroso groups, excluding NO2 is 1. The van der Waals surface area contributed by atoms with Gasteiger partial charge in [0.1, 0.15) is 0 Å². The van der Waals surface area contributed by atoms with E-state index in [0.29, 0.717) is 0 Å². The van der Waals surface area contributed by atoms with Crippen molar-refractivity contribution in [2.24, 2.45) is 5.18 Å². The van der Waals surface area contributed by atoms with Gasteiger partial charge in [-0.2, -0.15) is 9.97 Å². The van der Waals surface area contributed by atoms with E-state index in [0.717, 1.165) is 0 Å². The molecule has 70 valence electrons. The van der Waals surface area contributed by atoms with Crippen molar-refractivity contribution in [3.05, 3.63) is 4.91 Å². The average molecular weight is 184 g/mol. The summed E-state index contributed by atoms with van der Waals surface area (Å²) in [5.41, 5.74) is 5.21. The van der Waals surface area contributed by atoms with Crippen molar-refractivity contribution in [1.29, 1.82) is 0 Å². The summed E-state index contributed by atoms with van der Waals surface area (Å²) in [5, 5.41) is 2.67. The lowest BCUT2D eigenvalue weighted by molar-refractivity contribution is 0.376. The predicted molar refractivity (Wildman–Crippen MR) is 45.0 cm³/mol. The maximum atomic E-state index is 10.3. The molecule has 1 heterocycles. The normalized spacial score (nSPS) is 9.38. The lowest BCUT2D eigenvalue weighted by Crippen LogP contribution is -2.00. The smallest absolute Gasteiger partial charge is 0.252 e. The number of hydrogen-bond donors (Lipinski definition) is 1. The molecule has 2 N–H and O–H groups in total. The monoisotopic (exact) mass is 184 g/mol. The summed E-state index contributed by atoms with van der Waals surface area (Å²) in [6.45, 7) is 0. The highest BCUT2D eigenvalue weighted by Crippen LogP contribution is 2.33. The number of nitrogen functional groups attached to an aromatic ring is 1. The summed E-state index contributed by atoms with van der Waals surface area (Å²) in [6, 6.07) is 0. The zero-order valence-electron chi connectivity index (χ0n) is 7.14. The van der Waals surface area contributed by atoms with E-state index >= 15 is 0 Å². The molecular weight excluding hydrogens is 176 g/mol. The van der Waals surface area contributed by atoms with Crippen LogP contribution in [0.4, 0.5) is 11.6 Å². The Bertz CT molecular complexity index is 303.